The summed E-state index contributed by atoms with van der Waals surface area (Å²) in [6.45, 7) is 1.88. The van der Waals surface area contributed by atoms with Crippen LogP contribution in [0.25, 0.3) is 0 Å². The Kier molecular flexibility index (Phi) is 5.14. The number of amides is 1. The SMILES string of the molecule is Cc1ccc(C(=O)NNC(=S)Nc2ccccc2)cc1Cl. The van der Waals surface area contributed by atoms with E-state index in [2.05, 4.69) is 16.2 Å². The number of carbonyl (C=O) groups excluding carboxylic acids is 1. The number of hydrazine groups is 1. The Bertz CT molecular complexity index is 661. The highest BCUT2D eigenvalue weighted by Crippen LogP contribution is 2.16. The van der Waals surface area contributed by atoms with Gasteiger partial charge in [0.25, 0.3) is 5.91 Å². The van der Waals surface area contributed by atoms with E-state index >= 15 is 0 Å². The second-order valence-electron chi connectivity index (χ2n) is 4.36. The molecule has 0 saturated carbocycles. The predicted molar refractivity (Wildman–Crippen MR) is 89.5 cm³/mol. The normalized spacial score (nSPS) is 9.81. The van der Waals surface area contributed by atoms with Crippen molar-refractivity contribution in [2.75, 3.05) is 5.32 Å². The number of aryl methyl sites for hydroxylation is 1. The van der Waals surface area contributed by atoms with Gasteiger partial charge in [0.2, 0.25) is 0 Å². The molecule has 108 valence electrons. The van der Waals surface area contributed by atoms with E-state index in [1.165, 1.54) is 0 Å². The maximum absolute atomic E-state index is 11.9. The molecule has 4 nitrogen and oxygen atoms in total. The third-order valence-corrected chi connectivity index (χ3v) is 3.37. The largest absolute Gasteiger partial charge is 0.331 e. The van der Waals surface area contributed by atoms with Crippen LogP contribution >= 0.6 is 23.8 Å². The molecule has 21 heavy (non-hydrogen) atoms. The van der Waals surface area contributed by atoms with Gasteiger partial charge in [0.15, 0.2) is 5.11 Å². The first-order valence-corrected chi connectivity index (χ1v) is 7.03. The van der Waals surface area contributed by atoms with Crippen molar-refractivity contribution in [3.8, 4) is 0 Å². The summed E-state index contributed by atoms with van der Waals surface area (Å²) in [6.07, 6.45) is 0. The molecule has 3 N–H and O–H groups in total. The minimum Gasteiger partial charge on any atom is -0.331 e. The number of hydrogen-bond acceptors (Lipinski definition) is 2. The van der Waals surface area contributed by atoms with Gasteiger partial charge >= 0.3 is 0 Å². The average Bonchev–Trinajstić information content (AvgIpc) is 2.48. The van der Waals surface area contributed by atoms with Crippen molar-refractivity contribution in [3.63, 3.8) is 0 Å². The van der Waals surface area contributed by atoms with Crippen molar-refractivity contribution in [1.82, 2.24) is 10.9 Å². The van der Waals surface area contributed by atoms with Crippen LogP contribution < -0.4 is 16.2 Å². The Morgan fingerprint density at radius 2 is 1.81 bits per heavy atom. The van der Waals surface area contributed by atoms with Crippen LogP contribution in [-0.2, 0) is 0 Å². The van der Waals surface area contributed by atoms with Gasteiger partial charge in [-0.05, 0) is 49.0 Å². The Hall–Kier alpha value is -2.11. The lowest BCUT2D eigenvalue weighted by Crippen LogP contribution is -2.43. The predicted octanol–water partition coefficient (Wildman–Crippen LogP) is 3.28. The molecule has 2 aromatic carbocycles. The molecule has 0 aliphatic carbocycles. The Morgan fingerprint density at radius 3 is 2.48 bits per heavy atom. The summed E-state index contributed by atoms with van der Waals surface area (Å²) >= 11 is 11.1. The van der Waals surface area contributed by atoms with Gasteiger partial charge in [-0.2, -0.15) is 0 Å². The van der Waals surface area contributed by atoms with Gasteiger partial charge in [-0.25, -0.2) is 0 Å². The summed E-state index contributed by atoms with van der Waals surface area (Å²) in [4.78, 5) is 11.9. The first kappa shape index (κ1) is 15.3. The van der Waals surface area contributed by atoms with Crippen LogP contribution in [0.3, 0.4) is 0 Å². The molecule has 0 unspecified atom stereocenters. The summed E-state index contributed by atoms with van der Waals surface area (Å²) in [5.41, 5.74) is 7.37. The number of thiocarbonyl (C=S) groups is 1. The lowest BCUT2D eigenvalue weighted by Gasteiger charge is -2.11. The topological polar surface area (TPSA) is 53.2 Å². The second-order valence-corrected chi connectivity index (χ2v) is 5.18. The molecule has 0 bridgehead atoms. The molecular formula is C15H14ClN3OS. The summed E-state index contributed by atoms with van der Waals surface area (Å²) in [7, 11) is 0. The maximum Gasteiger partial charge on any atom is 0.269 e. The molecule has 6 heteroatoms. The molecule has 1 amide bonds. The van der Waals surface area contributed by atoms with Gasteiger partial charge in [0.1, 0.15) is 0 Å². The molecule has 0 saturated heterocycles. The van der Waals surface area contributed by atoms with Crippen LogP contribution in [-0.4, -0.2) is 11.0 Å². The van der Waals surface area contributed by atoms with Crippen molar-refractivity contribution in [1.29, 1.82) is 0 Å². The summed E-state index contributed by atoms with van der Waals surface area (Å²) < 4.78 is 0. The van der Waals surface area contributed by atoms with Crippen LogP contribution in [0.15, 0.2) is 48.5 Å². The van der Waals surface area contributed by atoms with Gasteiger partial charge in [0.05, 0.1) is 0 Å². The highest BCUT2D eigenvalue weighted by atomic mass is 35.5. The summed E-state index contributed by atoms with van der Waals surface area (Å²) in [6, 6.07) is 14.5. The fourth-order valence-electron chi connectivity index (χ4n) is 1.60. The molecule has 0 heterocycles. The monoisotopic (exact) mass is 319 g/mol. The van der Waals surface area contributed by atoms with Crippen LogP contribution in [0.5, 0.6) is 0 Å². The highest BCUT2D eigenvalue weighted by molar-refractivity contribution is 7.80. The number of hydrogen-bond donors (Lipinski definition) is 3. The number of anilines is 1. The van der Waals surface area contributed by atoms with E-state index < -0.39 is 0 Å². The molecule has 2 aromatic rings. The minimum atomic E-state index is -0.311. The average molecular weight is 320 g/mol. The fraction of sp³-hybridized carbons (Fsp3) is 0.0667. The zero-order chi connectivity index (χ0) is 15.2. The number of benzene rings is 2. The van der Waals surface area contributed by atoms with Crippen molar-refractivity contribution in [2.24, 2.45) is 0 Å². The zero-order valence-corrected chi connectivity index (χ0v) is 12.9. The third kappa shape index (κ3) is 4.44. The molecule has 0 aromatic heterocycles. The van der Waals surface area contributed by atoms with E-state index in [0.29, 0.717) is 15.7 Å². The van der Waals surface area contributed by atoms with E-state index in [9.17, 15) is 4.79 Å². The number of nitrogens with one attached hydrogen (secondary N) is 3. The van der Waals surface area contributed by atoms with Crippen molar-refractivity contribution < 1.29 is 4.79 Å². The van der Waals surface area contributed by atoms with Crippen molar-refractivity contribution in [2.45, 2.75) is 6.92 Å². The Labute approximate surface area is 133 Å². The number of halogens is 1. The molecule has 2 rings (SSSR count). The Balaban J connectivity index is 1.89. The molecule has 0 atom stereocenters. The Morgan fingerprint density at radius 1 is 1.10 bits per heavy atom. The van der Waals surface area contributed by atoms with E-state index in [1.54, 1.807) is 18.2 Å². The van der Waals surface area contributed by atoms with Gasteiger partial charge in [-0.15, -0.1) is 0 Å². The van der Waals surface area contributed by atoms with Crippen molar-refractivity contribution in [3.05, 3.63) is 64.7 Å². The third-order valence-electron chi connectivity index (χ3n) is 2.76. The van der Waals surface area contributed by atoms with Gasteiger partial charge < -0.3 is 5.32 Å². The fourth-order valence-corrected chi connectivity index (χ4v) is 1.95. The summed E-state index contributed by atoms with van der Waals surface area (Å²) in [5.74, 6) is -0.311. The lowest BCUT2D eigenvalue weighted by atomic mass is 10.1. The highest BCUT2D eigenvalue weighted by Gasteiger charge is 2.07. The van der Waals surface area contributed by atoms with Crippen LogP contribution in [0, 0.1) is 6.92 Å². The van der Waals surface area contributed by atoms with Crippen LogP contribution in [0.4, 0.5) is 5.69 Å². The molecule has 0 fully saturated rings. The van der Waals surface area contributed by atoms with E-state index in [4.69, 9.17) is 23.8 Å². The quantitative estimate of drug-likeness (QED) is 0.587. The van der Waals surface area contributed by atoms with Crippen LogP contribution in [0.1, 0.15) is 15.9 Å². The number of carbonyl (C=O) groups is 1. The summed E-state index contributed by atoms with van der Waals surface area (Å²) in [5, 5.41) is 3.80. The number of rotatable bonds is 2. The van der Waals surface area contributed by atoms with Crippen LogP contribution in [0.2, 0.25) is 5.02 Å². The minimum absolute atomic E-state index is 0.299. The second kappa shape index (κ2) is 7.06. The smallest absolute Gasteiger partial charge is 0.269 e. The van der Waals surface area contributed by atoms with Crippen molar-refractivity contribution >= 4 is 40.5 Å². The maximum atomic E-state index is 11.9. The first-order valence-electron chi connectivity index (χ1n) is 6.25. The number of para-hydroxylation sites is 1. The van der Waals surface area contributed by atoms with Gasteiger partial charge in [-0.3, -0.25) is 15.6 Å². The van der Waals surface area contributed by atoms with Gasteiger partial charge in [-0.1, -0.05) is 35.9 Å². The standard InChI is InChI=1S/C15H14ClN3OS/c1-10-7-8-11(9-13(10)16)14(20)18-19-15(21)17-12-5-3-2-4-6-12/h2-9H,1H3,(H,18,20)(H2,17,19,21). The molecule has 0 aliphatic heterocycles. The zero-order valence-electron chi connectivity index (χ0n) is 11.3. The first-order chi connectivity index (χ1) is 10.1. The van der Waals surface area contributed by atoms with Gasteiger partial charge in [0, 0.05) is 16.3 Å². The lowest BCUT2D eigenvalue weighted by molar-refractivity contribution is 0.0944. The molecule has 0 radical (unpaired) electrons. The van der Waals surface area contributed by atoms with E-state index in [0.717, 1.165) is 11.3 Å². The molecular weight excluding hydrogens is 306 g/mol. The molecule has 0 spiro atoms. The molecule has 0 aliphatic rings. The van der Waals surface area contributed by atoms with E-state index in [1.807, 2.05) is 37.3 Å². The van der Waals surface area contributed by atoms with E-state index in [-0.39, 0.29) is 5.91 Å².